The molecular formula is C21H23N3O. The number of benzene rings is 2. The highest BCUT2D eigenvalue weighted by Crippen LogP contribution is 2.18. The first-order valence-electron chi connectivity index (χ1n) is 8.48. The number of carbonyl (C=O) groups is 1. The molecule has 0 fully saturated rings. The molecule has 0 spiro atoms. The van der Waals surface area contributed by atoms with E-state index in [9.17, 15) is 4.79 Å². The molecule has 0 saturated carbocycles. The minimum atomic E-state index is -0.0526. The largest absolute Gasteiger partial charge is 0.376 e. The molecule has 1 heterocycles. The maximum atomic E-state index is 12.6. The van der Waals surface area contributed by atoms with Crippen LogP contribution in [0.2, 0.25) is 0 Å². The van der Waals surface area contributed by atoms with Crippen molar-refractivity contribution in [2.75, 3.05) is 11.9 Å². The fourth-order valence-electron chi connectivity index (χ4n) is 2.99. The minimum absolute atomic E-state index is 0.0526. The van der Waals surface area contributed by atoms with Crippen LogP contribution in [0.25, 0.3) is 0 Å². The molecule has 2 aromatic carbocycles. The number of hydrogen-bond acceptors (Lipinski definition) is 3. The smallest absolute Gasteiger partial charge is 0.266 e. The van der Waals surface area contributed by atoms with Gasteiger partial charge in [-0.25, -0.2) is 4.68 Å². The number of aromatic nitrogens is 2. The van der Waals surface area contributed by atoms with Crippen molar-refractivity contribution in [2.24, 2.45) is 0 Å². The monoisotopic (exact) mass is 333 g/mol. The Balaban J connectivity index is 1.75. The maximum absolute atomic E-state index is 12.6. The van der Waals surface area contributed by atoms with Crippen molar-refractivity contribution >= 4 is 11.6 Å². The van der Waals surface area contributed by atoms with Gasteiger partial charge in [0.05, 0.1) is 12.2 Å². The van der Waals surface area contributed by atoms with Gasteiger partial charge in [-0.05, 0) is 38.0 Å². The SMILES string of the molecule is Cc1ccccc1NCC(=O)n1nc(C)c(Cc2ccccc2)c1C. The van der Waals surface area contributed by atoms with E-state index >= 15 is 0 Å². The van der Waals surface area contributed by atoms with Gasteiger partial charge in [-0.15, -0.1) is 0 Å². The van der Waals surface area contributed by atoms with Crippen molar-refractivity contribution in [3.8, 4) is 0 Å². The van der Waals surface area contributed by atoms with E-state index in [1.165, 1.54) is 10.2 Å². The Morgan fingerprint density at radius 1 is 1.00 bits per heavy atom. The minimum Gasteiger partial charge on any atom is -0.376 e. The fourth-order valence-corrected chi connectivity index (χ4v) is 2.99. The molecule has 128 valence electrons. The Morgan fingerprint density at radius 2 is 1.68 bits per heavy atom. The van der Waals surface area contributed by atoms with Gasteiger partial charge in [-0.3, -0.25) is 4.79 Å². The predicted molar refractivity (Wildman–Crippen MR) is 101 cm³/mol. The lowest BCUT2D eigenvalue weighted by atomic mass is 10.0. The predicted octanol–water partition coefficient (Wildman–Crippen LogP) is 4.15. The summed E-state index contributed by atoms with van der Waals surface area (Å²) in [7, 11) is 0. The number of nitrogens with one attached hydrogen (secondary N) is 1. The summed E-state index contributed by atoms with van der Waals surface area (Å²) >= 11 is 0. The molecule has 0 amide bonds. The first-order chi connectivity index (χ1) is 12.1. The molecular weight excluding hydrogens is 310 g/mol. The van der Waals surface area contributed by atoms with Crippen molar-refractivity contribution in [1.29, 1.82) is 0 Å². The summed E-state index contributed by atoms with van der Waals surface area (Å²) in [6.45, 7) is 6.17. The third-order valence-electron chi connectivity index (χ3n) is 4.48. The van der Waals surface area contributed by atoms with Crippen LogP contribution in [0, 0.1) is 20.8 Å². The van der Waals surface area contributed by atoms with Crippen molar-refractivity contribution in [1.82, 2.24) is 9.78 Å². The van der Waals surface area contributed by atoms with Gasteiger partial charge in [-0.1, -0.05) is 48.5 Å². The molecule has 1 aromatic heterocycles. The number of aryl methyl sites for hydroxylation is 2. The third kappa shape index (κ3) is 3.79. The molecule has 4 nitrogen and oxygen atoms in total. The summed E-state index contributed by atoms with van der Waals surface area (Å²) < 4.78 is 1.53. The topological polar surface area (TPSA) is 46.9 Å². The summed E-state index contributed by atoms with van der Waals surface area (Å²) in [4.78, 5) is 12.6. The second kappa shape index (κ2) is 7.34. The number of rotatable bonds is 5. The average molecular weight is 333 g/mol. The number of carbonyl (C=O) groups excluding carboxylic acids is 1. The fraction of sp³-hybridized carbons (Fsp3) is 0.238. The van der Waals surface area contributed by atoms with Gasteiger partial charge in [0.1, 0.15) is 0 Å². The lowest BCUT2D eigenvalue weighted by Crippen LogP contribution is -2.23. The molecule has 0 aliphatic carbocycles. The molecule has 3 aromatic rings. The van der Waals surface area contributed by atoms with Crippen LogP contribution in [0.3, 0.4) is 0 Å². The van der Waals surface area contributed by atoms with E-state index in [-0.39, 0.29) is 12.5 Å². The van der Waals surface area contributed by atoms with Crippen LogP contribution in [0.15, 0.2) is 54.6 Å². The summed E-state index contributed by atoms with van der Waals surface area (Å²) in [5.41, 5.74) is 6.26. The molecule has 0 unspecified atom stereocenters. The van der Waals surface area contributed by atoms with Crippen LogP contribution < -0.4 is 5.32 Å². The highest BCUT2D eigenvalue weighted by molar-refractivity contribution is 5.83. The standard InChI is InChI=1S/C21H23N3O/c1-15-9-7-8-12-20(15)22-14-21(25)24-17(3)19(16(2)23-24)13-18-10-5-4-6-11-18/h4-12,22H,13-14H2,1-3H3. The Hall–Kier alpha value is -2.88. The van der Waals surface area contributed by atoms with Crippen LogP contribution in [0.1, 0.15) is 32.9 Å². The van der Waals surface area contributed by atoms with Crippen molar-refractivity contribution in [3.63, 3.8) is 0 Å². The lowest BCUT2D eigenvalue weighted by Gasteiger charge is -2.09. The third-order valence-corrected chi connectivity index (χ3v) is 4.48. The number of para-hydroxylation sites is 1. The second-order valence-corrected chi connectivity index (χ2v) is 6.29. The van der Waals surface area contributed by atoms with E-state index in [4.69, 9.17) is 0 Å². The molecule has 4 heteroatoms. The van der Waals surface area contributed by atoms with Crippen molar-refractivity contribution in [3.05, 3.63) is 82.7 Å². The van der Waals surface area contributed by atoms with Crippen LogP contribution in [0.4, 0.5) is 5.69 Å². The van der Waals surface area contributed by atoms with Gasteiger partial charge >= 0.3 is 0 Å². The molecule has 3 rings (SSSR count). The molecule has 0 bridgehead atoms. The number of nitrogens with zero attached hydrogens (tertiary/aromatic N) is 2. The van der Waals surface area contributed by atoms with Gasteiger partial charge < -0.3 is 5.32 Å². The molecule has 0 atom stereocenters. The van der Waals surface area contributed by atoms with Crippen molar-refractivity contribution < 1.29 is 4.79 Å². The molecule has 1 N–H and O–H groups in total. The first-order valence-corrected chi connectivity index (χ1v) is 8.48. The zero-order valence-corrected chi connectivity index (χ0v) is 14.9. The Morgan fingerprint density at radius 3 is 2.40 bits per heavy atom. The zero-order valence-electron chi connectivity index (χ0n) is 14.9. The summed E-state index contributed by atoms with van der Waals surface area (Å²) in [5, 5.41) is 7.67. The molecule has 0 aliphatic heterocycles. The van der Waals surface area contributed by atoms with E-state index in [0.29, 0.717) is 0 Å². The molecule has 25 heavy (non-hydrogen) atoms. The van der Waals surface area contributed by atoms with Gasteiger partial charge in [0.15, 0.2) is 0 Å². The summed E-state index contributed by atoms with van der Waals surface area (Å²) in [6.07, 6.45) is 0.789. The van der Waals surface area contributed by atoms with E-state index < -0.39 is 0 Å². The molecule has 0 aliphatic rings. The highest BCUT2D eigenvalue weighted by Gasteiger charge is 2.16. The zero-order chi connectivity index (χ0) is 17.8. The van der Waals surface area contributed by atoms with E-state index in [1.54, 1.807) is 0 Å². The summed E-state index contributed by atoms with van der Waals surface area (Å²) in [5.74, 6) is -0.0526. The molecule has 0 saturated heterocycles. The second-order valence-electron chi connectivity index (χ2n) is 6.29. The van der Waals surface area contributed by atoms with E-state index in [0.717, 1.165) is 34.6 Å². The van der Waals surface area contributed by atoms with Gasteiger partial charge in [0.25, 0.3) is 5.91 Å². The van der Waals surface area contributed by atoms with E-state index in [2.05, 4.69) is 22.5 Å². The van der Waals surface area contributed by atoms with E-state index in [1.807, 2.05) is 63.2 Å². The van der Waals surface area contributed by atoms with Gasteiger partial charge in [0, 0.05) is 23.4 Å². The maximum Gasteiger partial charge on any atom is 0.266 e. The molecule has 0 radical (unpaired) electrons. The normalized spacial score (nSPS) is 10.7. The Bertz CT molecular complexity index is 881. The van der Waals surface area contributed by atoms with Crippen LogP contribution >= 0.6 is 0 Å². The number of hydrogen-bond donors (Lipinski definition) is 1. The quantitative estimate of drug-likeness (QED) is 0.763. The van der Waals surface area contributed by atoms with Crippen LogP contribution in [0.5, 0.6) is 0 Å². The van der Waals surface area contributed by atoms with Gasteiger partial charge in [0.2, 0.25) is 0 Å². The summed E-state index contributed by atoms with van der Waals surface area (Å²) in [6, 6.07) is 18.2. The first kappa shape index (κ1) is 17.0. The van der Waals surface area contributed by atoms with Crippen LogP contribution in [-0.2, 0) is 6.42 Å². The average Bonchev–Trinajstić information content (AvgIpc) is 2.90. The number of anilines is 1. The lowest BCUT2D eigenvalue weighted by molar-refractivity contribution is 0.0910. The van der Waals surface area contributed by atoms with Crippen LogP contribution in [-0.4, -0.2) is 22.2 Å². The van der Waals surface area contributed by atoms with Crippen molar-refractivity contribution in [2.45, 2.75) is 27.2 Å². The Labute approximate surface area is 148 Å². The Kier molecular flexibility index (Phi) is 4.98. The van der Waals surface area contributed by atoms with Gasteiger partial charge in [-0.2, -0.15) is 5.10 Å². The highest BCUT2D eigenvalue weighted by atomic mass is 16.2.